The van der Waals surface area contributed by atoms with Crippen LogP contribution in [0.5, 0.6) is 0 Å². The van der Waals surface area contributed by atoms with Crippen molar-refractivity contribution in [1.82, 2.24) is 14.3 Å². The molecule has 0 aliphatic rings. The van der Waals surface area contributed by atoms with Gasteiger partial charge in [-0.05, 0) is 24.3 Å². The van der Waals surface area contributed by atoms with Gasteiger partial charge in [-0.3, -0.25) is 4.79 Å². The summed E-state index contributed by atoms with van der Waals surface area (Å²) in [5, 5.41) is 12.2. The van der Waals surface area contributed by atoms with Gasteiger partial charge in [0.05, 0.1) is 5.69 Å². The lowest BCUT2D eigenvalue weighted by atomic mass is 10.3. The number of hydrogen-bond acceptors (Lipinski definition) is 3. The molecule has 1 heterocycles. The second kappa shape index (κ2) is 4.20. The van der Waals surface area contributed by atoms with Crippen LogP contribution in [0.25, 0.3) is 5.69 Å². The van der Waals surface area contributed by atoms with Gasteiger partial charge in [0.2, 0.25) is 0 Å². The molecule has 0 radical (unpaired) electrons. The molecule has 2 aromatic rings. The summed E-state index contributed by atoms with van der Waals surface area (Å²) < 4.78 is 14.6. The second-order valence-electron chi connectivity index (χ2n) is 3.31. The van der Waals surface area contributed by atoms with Crippen molar-refractivity contribution in [3.63, 3.8) is 0 Å². The normalized spacial score (nSPS) is 10.4. The lowest BCUT2D eigenvalue weighted by Crippen LogP contribution is -2.26. The van der Waals surface area contributed by atoms with Gasteiger partial charge in [0.25, 0.3) is 0 Å². The Morgan fingerprint density at radius 1 is 1.35 bits per heavy atom. The largest absolute Gasteiger partial charge is 0.480 e. The molecule has 6 nitrogen and oxygen atoms in total. The molecule has 1 aromatic heterocycles. The number of rotatable bonds is 3. The Labute approximate surface area is 94.5 Å². The molecule has 0 bridgehead atoms. The van der Waals surface area contributed by atoms with Crippen molar-refractivity contribution in [2.75, 3.05) is 0 Å². The minimum Gasteiger partial charge on any atom is -0.480 e. The van der Waals surface area contributed by atoms with Crippen LogP contribution >= 0.6 is 0 Å². The van der Waals surface area contributed by atoms with E-state index >= 15 is 0 Å². The van der Waals surface area contributed by atoms with Gasteiger partial charge in [0, 0.05) is 0 Å². The zero-order valence-electron chi connectivity index (χ0n) is 8.58. The van der Waals surface area contributed by atoms with E-state index in [1.54, 1.807) is 0 Å². The van der Waals surface area contributed by atoms with Gasteiger partial charge in [-0.1, -0.05) is 0 Å². The van der Waals surface area contributed by atoms with E-state index in [0.717, 1.165) is 9.25 Å². The summed E-state index contributed by atoms with van der Waals surface area (Å²) in [4.78, 5) is 22.1. The summed E-state index contributed by atoms with van der Waals surface area (Å²) in [7, 11) is 0. The van der Waals surface area contributed by atoms with Crippen LogP contribution in [0.3, 0.4) is 0 Å². The highest BCUT2D eigenvalue weighted by Crippen LogP contribution is 2.05. The fourth-order valence-corrected chi connectivity index (χ4v) is 1.35. The number of carboxylic acids is 1. The maximum absolute atomic E-state index is 12.7. The Balaban J connectivity index is 2.40. The van der Waals surface area contributed by atoms with Crippen molar-refractivity contribution in [2.45, 2.75) is 6.54 Å². The summed E-state index contributed by atoms with van der Waals surface area (Å²) in [5.74, 6) is -1.57. The smallest absolute Gasteiger partial charge is 0.350 e. The summed E-state index contributed by atoms with van der Waals surface area (Å²) in [5.41, 5.74) is -0.160. The topological polar surface area (TPSA) is 77.1 Å². The average molecular weight is 237 g/mol. The molecule has 7 heteroatoms. The Morgan fingerprint density at radius 2 is 2.00 bits per heavy atom. The standard InChI is InChI=1S/C10H8FN3O3/c11-7-1-3-8(4-2-7)13-6-12-14(10(13)17)5-9(15)16/h1-4,6H,5H2,(H,15,16). The van der Waals surface area contributed by atoms with Gasteiger partial charge in [-0.25, -0.2) is 18.4 Å². The van der Waals surface area contributed by atoms with E-state index in [1.165, 1.54) is 30.6 Å². The third-order valence-electron chi connectivity index (χ3n) is 2.12. The Kier molecular flexibility index (Phi) is 2.73. The highest BCUT2D eigenvalue weighted by atomic mass is 19.1. The van der Waals surface area contributed by atoms with Crippen LogP contribution in [0.2, 0.25) is 0 Å². The first-order chi connectivity index (χ1) is 8.08. The number of halogens is 1. The van der Waals surface area contributed by atoms with E-state index in [9.17, 15) is 14.0 Å². The molecule has 1 N–H and O–H groups in total. The molecule has 0 aliphatic heterocycles. The molecule has 0 saturated carbocycles. The number of benzene rings is 1. The highest BCUT2D eigenvalue weighted by molar-refractivity contribution is 5.66. The molecular formula is C10H8FN3O3. The average Bonchev–Trinajstić information content (AvgIpc) is 2.61. The molecule has 0 spiro atoms. The van der Waals surface area contributed by atoms with Crippen molar-refractivity contribution in [1.29, 1.82) is 0 Å². The molecule has 0 unspecified atom stereocenters. The van der Waals surface area contributed by atoms with Crippen molar-refractivity contribution in [2.24, 2.45) is 0 Å². The van der Waals surface area contributed by atoms with E-state index in [1.807, 2.05) is 0 Å². The Morgan fingerprint density at radius 3 is 2.59 bits per heavy atom. The van der Waals surface area contributed by atoms with Crippen LogP contribution in [-0.2, 0) is 11.3 Å². The predicted molar refractivity (Wildman–Crippen MR) is 55.4 cm³/mol. The van der Waals surface area contributed by atoms with Crippen molar-refractivity contribution in [3.8, 4) is 5.69 Å². The number of aliphatic carboxylic acids is 1. The Bertz CT molecular complexity index is 600. The van der Waals surface area contributed by atoms with E-state index in [4.69, 9.17) is 5.11 Å². The van der Waals surface area contributed by atoms with Gasteiger partial charge < -0.3 is 5.11 Å². The van der Waals surface area contributed by atoms with Crippen molar-refractivity contribution < 1.29 is 14.3 Å². The first-order valence-electron chi connectivity index (χ1n) is 4.70. The lowest BCUT2D eigenvalue weighted by molar-refractivity contribution is -0.137. The number of nitrogens with zero attached hydrogens (tertiary/aromatic N) is 3. The van der Waals surface area contributed by atoms with Crippen LogP contribution in [0, 0.1) is 5.82 Å². The van der Waals surface area contributed by atoms with Gasteiger partial charge in [0.15, 0.2) is 0 Å². The molecule has 2 rings (SSSR count). The predicted octanol–water partition coefficient (Wildman–Crippen LogP) is 0.258. The summed E-state index contributed by atoms with van der Waals surface area (Å²) >= 11 is 0. The minimum absolute atomic E-state index is 0.417. The molecule has 0 aliphatic carbocycles. The molecular weight excluding hydrogens is 229 g/mol. The van der Waals surface area contributed by atoms with E-state index < -0.39 is 24.0 Å². The fraction of sp³-hybridized carbons (Fsp3) is 0.100. The quantitative estimate of drug-likeness (QED) is 0.830. The Hall–Kier alpha value is -2.44. The molecule has 0 saturated heterocycles. The van der Waals surface area contributed by atoms with Crippen molar-refractivity contribution >= 4 is 5.97 Å². The molecule has 0 fully saturated rings. The van der Waals surface area contributed by atoms with Crippen LogP contribution in [-0.4, -0.2) is 25.4 Å². The molecule has 0 atom stereocenters. The van der Waals surface area contributed by atoms with E-state index in [0.29, 0.717) is 5.69 Å². The van der Waals surface area contributed by atoms with E-state index in [2.05, 4.69) is 5.10 Å². The highest BCUT2D eigenvalue weighted by Gasteiger charge is 2.09. The fourth-order valence-electron chi connectivity index (χ4n) is 1.35. The summed E-state index contributed by atoms with van der Waals surface area (Å²) in [6, 6.07) is 5.22. The molecule has 88 valence electrons. The lowest BCUT2D eigenvalue weighted by Gasteiger charge is -1.99. The molecule has 1 aromatic carbocycles. The number of hydrogen-bond donors (Lipinski definition) is 1. The maximum atomic E-state index is 12.7. The molecule has 0 amide bonds. The number of aromatic nitrogens is 3. The summed E-state index contributed by atoms with van der Waals surface area (Å²) in [6.45, 7) is -0.507. The zero-order chi connectivity index (χ0) is 12.4. The minimum atomic E-state index is -1.16. The second-order valence-corrected chi connectivity index (χ2v) is 3.31. The third kappa shape index (κ3) is 2.22. The first-order valence-corrected chi connectivity index (χ1v) is 4.70. The monoisotopic (exact) mass is 237 g/mol. The van der Waals surface area contributed by atoms with Gasteiger partial charge in [0.1, 0.15) is 18.7 Å². The van der Waals surface area contributed by atoms with E-state index in [-0.39, 0.29) is 0 Å². The first kappa shape index (κ1) is 11.1. The SMILES string of the molecule is O=C(O)Cn1ncn(-c2ccc(F)cc2)c1=O. The van der Waals surface area contributed by atoms with Crippen LogP contribution < -0.4 is 5.69 Å². The molecule has 17 heavy (non-hydrogen) atoms. The van der Waals surface area contributed by atoms with Crippen LogP contribution in [0.15, 0.2) is 35.4 Å². The van der Waals surface area contributed by atoms with Crippen molar-refractivity contribution in [3.05, 3.63) is 46.9 Å². The van der Waals surface area contributed by atoms with Crippen LogP contribution in [0.1, 0.15) is 0 Å². The number of carboxylic acid groups (broad SMARTS) is 1. The zero-order valence-corrected chi connectivity index (χ0v) is 8.58. The maximum Gasteiger partial charge on any atom is 0.350 e. The third-order valence-corrected chi connectivity index (χ3v) is 2.12. The van der Waals surface area contributed by atoms with Gasteiger partial charge in [-0.2, -0.15) is 5.10 Å². The number of carbonyl (C=O) groups is 1. The van der Waals surface area contributed by atoms with Gasteiger partial charge in [-0.15, -0.1) is 0 Å². The van der Waals surface area contributed by atoms with Crippen LogP contribution in [0.4, 0.5) is 4.39 Å². The van der Waals surface area contributed by atoms with Gasteiger partial charge >= 0.3 is 11.7 Å². The summed E-state index contributed by atoms with van der Waals surface area (Å²) in [6.07, 6.45) is 1.19.